The number of amides is 2. The van der Waals surface area contributed by atoms with Crippen molar-refractivity contribution < 1.29 is 39.0 Å². The molecule has 154 valence electrons. The number of ether oxygens (including phenoxy) is 1. The van der Waals surface area contributed by atoms with Crippen LogP contribution in [0.5, 0.6) is 0 Å². The Labute approximate surface area is 171 Å². The molecule has 0 spiro atoms. The number of carboxylic acid groups (broad SMARTS) is 2. The zero-order chi connectivity index (χ0) is 21.1. The first-order chi connectivity index (χ1) is 13.8. The molecule has 29 heavy (non-hydrogen) atoms. The fourth-order valence-corrected chi connectivity index (χ4v) is 4.49. The summed E-state index contributed by atoms with van der Waals surface area (Å²) in [5.41, 5.74) is 1.03. The summed E-state index contributed by atoms with van der Waals surface area (Å²) in [6, 6.07) is -0.997. The van der Waals surface area contributed by atoms with E-state index in [1.165, 1.54) is 41.1 Å². The van der Waals surface area contributed by atoms with Crippen LogP contribution in [0.3, 0.4) is 0 Å². The number of methoxy groups -OCH3 is 1. The first-order valence-electron chi connectivity index (χ1n) is 7.91. The van der Waals surface area contributed by atoms with Gasteiger partial charge in [-0.15, -0.1) is 23.1 Å². The van der Waals surface area contributed by atoms with E-state index in [-0.39, 0.29) is 28.6 Å². The lowest BCUT2D eigenvalue weighted by molar-refractivity contribution is -0.150. The Bertz CT molecular complexity index is 913. The smallest absolute Gasteiger partial charge is 0.356 e. The number of carboxylic acids is 2. The van der Waals surface area contributed by atoms with E-state index in [0.717, 1.165) is 4.90 Å². The second-order valence-corrected chi connectivity index (χ2v) is 7.45. The van der Waals surface area contributed by atoms with Gasteiger partial charge in [-0.1, -0.05) is 5.16 Å². The molecule has 0 aromatic carbocycles. The van der Waals surface area contributed by atoms with Crippen molar-refractivity contribution in [3.63, 3.8) is 0 Å². The molecule has 3 N–H and O–H groups in total. The Morgan fingerprint density at radius 2 is 2.17 bits per heavy atom. The van der Waals surface area contributed by atoms with Gasteiger partial charge in [-0.3, -0.25) is 14.5 Å². The third-order valence-electron chi connectivity index (χ3n) is 3.90. The Morgan fingerprint density at radius 1 is 1.41 bits per heavy atom. The minimum absolute atomic E-state index is 0.144. The van der Waals surface area contributed by atoms with Crippen molar-refractivity contribution in [2.75, 3.05) is 19.5 Å². The van der Waals surface area contributed by atoms with Gasteiger partial charge in [0.2, 0.25) is 6.61 Å². The lowest BCUT2D eigenvalue weighted by Gasteiger charge is -2.48. The van der Waals surface area contributed by atoms with Crippen LogP contribution in [0.1, 0.15) is 5.69 Å². The number of oxime groups is 1. The van der Waals surface area contributed by atoms with Crippen molar-refractivity contribution in [3.8, 4) is 0 Å². The SMILES string of the molecule is COC1=C(C(=O)O)N2C(=O)C(NC(=O)/C(=N\OCC(=O)O)c3cscn3)[C@H]2SC1. The van der Waals surface area contributed by atoms with E-state index >= 15 is 0 Å². The number of β-lactam (4-membered cyclic amide) rings is 1. The maximum atomic E-state index is 12.6. The number of rotatable bonds is 8. The molecule has 3 rings (SSSR count). The van der Waals surface area contributed by atoms with E-state index in [4.69, 9.17) is 9.84 Å². The summed E-state index contributed by atoms with van der Waals surface area (Å²) < 4.78 is 5.04. The number of hydrogen-bond donors (Lipinski definition) is 3. The van der Waals surface area contributed by atoms with Gasteiger partial charge in [-0.2, -0.15) is 0 Å². The van der Waals surface area contributed by atoms with Crippen molar-refractivity contribution in [2.45, 2.75) is 11.4 Å². The maximum Gasteiger partial charge on any atom is 0.356 e. The van der Waals surface area contributed by atoms with Crippen LogP contribution < -0.4 is 5.32 Å². The normalized spacial score (nSPS) is 21.2. The van der Waals surface area contributed by atoms with E-state index in [2.05, 4.69) is 20.3 Å². The molecule has 2 atom stereocenters. The summed E-state index contributed by atoms with van der Waals surface area (Å²) in [7, 11) is 1.32. The van der Waals surface area contributed by atoms with Gasteiger partial charge in [0.05, 0.1) is 18.4 Å². The van der Waals surface area contributed by atoms with Crippen molar-refractivity contribution in [3.05, 3.63) is 28.0 Å². The Kier molecular flexibility index (Phi) is 6.03. The van der Waals surface area contributed by atoms with Gasteiger partial charge in [0.1, 0.15) is 22.9 Å². The lowest BCUT2D eigenvalue weighted by Crippen LogP contribution is -2.71. The topological polar surface area (TPSA) is 168 Å². The summed E-state index contributed by atoms with van der Waals surface area (Å²) >= 11 is 2.41. The number of nitrogens with one attached hydrogen (secondary N) is 1. The molecule has 1 fully saturated rings. The zero-order valence-corrected chi connectivity index (χ0v) is 16.4. The highest BCUT2D eigenvalue weighted by molar-refractivity contribution is 8.00. The number of thioether (sulfide) groups is 1. The Morgan fingerprint density at radius 3 is 2.76 bits per heavy atom. The van der Waals surface area contributed by atoms with Crippen LogP contribution in [-0.2, 0) is 28.8 Å². The highest BCUT2D eigenvalue weighted by Crippen LogP contribution is 2.40. The molecular weight excluding hydrogens is 428 g/mol. The molecule has 0 saturated carbocycles. The molecule has 1 unspecified atom stereocenters. The number of carbonyl (C=O) groups excluding carboxylic acids is 2. The minimum Gasteiger partial charge on any atom is -0.498 e. The predicted octanol–water partition coefficient (Wildman–Crippen LogP) is -0.709. The largest absolute Gasteiger partial charge is 0.498 e. The number of aromatic nitrogens is 1. The van der Waals surface area contributed by atoms with Gasteiger partial charge in [0.15, 0.2) is 11.4 Å². The molecule has 12 nitrogen and oxygen atoms in total. The molecule has 2 aliphatic rings. The summed E-state index contributed by atoms with van der Waals surface area (Å²) in [5, 5.41) is 24.9. The average molecular weight is 442 g/mol. The van der Waals surface area contributed by atoms with E-state index in [1.807, 2.05) is 0 Å². The van der Waals surface area contributed by atoms with Crippen molar-refractivity contribution in [1.29, 1.82) is 0 Å². The number of fused-ring (bicyclic) bond motifs is 1. The van der Waals surface area contributed by atoms with E-state index < -0.39 is 41.8 Å². The third-order valence-corrected chi connectivity index (χ3v) is 5.74. The molecule has 0 bridgehead atoms. The van der Waals surface area contributed by atoms with Crippen molar-refractivity contribution in [2.24, 2.45) is 5.16 Å². The van der Waals surface area contributed by atoms with Crippen LogP contribution >= 0.6 is 23.1 Å². The quantitative estimate of drug-likeness (QED) is 0.266. The highest BCUT2D eigenvalue weighted by atomic mass is 32.2. The summed E-state index contributed by atoms with van der Waals surface area (Å²) in [6.07, 6.45) is 0. The first kappa shape index (κ1) is 20.6. The fraction of sp³-hybridized carbons (Fsp3) is 0.333. The molecule has 1 aromatic heterocycles. The van der Waals surface area contributed by atoms with Crippen LogP contribution in [-0.4, -0.2) is 80.4 Å². The van der Waals surface area contributed by atoms with Crippen LogP contribution in [0.25, 0.3) is 0 Å². The number of carbonyl (C=O) groups is 4. The lowest BCUT2D eigenvalue weighted by atomic mass is 10.0. The Hall–Kier alpha value is -3.13. The standard InChI is InChI=1S/C15H14N4O8S2/c1-26-7-4-29-14-10(13(23)19(14)11(7)15(24)25)17-12(22)9(6-3-28-5-16-6)18-27-2-8(20)21/h3,5,10,14H,2,4H2,1H3,(H,17,22)(H,20,21)(H,24,25)/b18-9-/t10?,14-/m1/s1. The second kappa shape index (κ2) is 8.48. The molecule has 0 radical (unpaired) electrons. The van der Waals surface area contributed by atoms with E-state index in [0.29, 0.717) is 0 Å². The van der Waals surface area contributed by atoms with Gasteiger partial charge < -0.3 is 25.1 Å². The number of hydrogen-bond acceptors (Lipinski definition) is 10. The minimum atomic E-state index is -1.31. The third kappa shape index (κ3) is 4.02. The van der Waals surface area contributed by atoms with Gasteiger partial charge >= 0.3 is 11.9 Å². The number of aliphatic carboxylic acids is 2. The van der Waals surface area contributed by atoms with Gasteiger partial charge in [0.25, 0.3) is 11.8 Å². The van der Waals surface area contributed by atoms with Crippen molar-refractivity contribution in [1.82, 2.24) is 15.2 Å². The van der Waals surface area contributed by atoms with E-state index in [9.17, 15) is 24.3 Å². The summed E-state index contributed by atoms with van der Waals surface area (Å²) in [4.78, 5) is 56.9. The summed E-state index contributed by atoms with van der Waals surface area (Å²) in [6.45, 7) is -0.762. The number of nitrogens with zero attached hydrogens (tertiary/aromatic N) is 3. The monoisotopic (exact) mass is 442 g/mol. The molecule has 0 aliphatic carbocycles. The molecule has 2 aliphatic heterocycles. The maximum absolute atomic E-state index is 12.6. The number of thiazole rings is 1. The van der Waals surface area contributed by atoms with Gasteiger partial charge in [-0.25, -0.2) is 14.6 Å². The molecule has 1 aromatic rings. The van der Waals surface area contributed by atoms with Gasteiger partial charge in [-0.05, 0) is 0 Å². The van der Waals surface area contributed by atoms with E-state index in [1.54, 1.807) is 0 Å². The van der Waals surface area contributed by atoms with Crippen LogP contribution in [0.4, 0.5) is 0 Å². The van der Waals surface area contributed by atoms with Crippen LogP contribution in [0.15, 0.2) is 27.5 Å². The first-order valence-corrected chi connectivity index (χ1v) is 9.90. The van der Waals surface area contributed by atoms with Crippen molar-refractivity contribution >= 4 is 52.6 Å². The highest BCUT2D eigenvalue weighted by Gasteiger charge is 2.55. The van der Waals surface area contributed by atoms with Crippen LogP contribution in [0, 0.1) is 0 Å². The predicted molar refractivity (Wildman–Crippen MR) is 98.9 cm³/mol. The summed E-state index contributed by atoms with van der Waals surface area (Å²) in [5.74, 6) is -3.64. The zero-order valence-electron chi connectivity index (χ0n) is 14.7. The molecule has 14 heteroatoms. The molecule has 1 saturated heterocycles. The molecule has 3 heterocycles. The molecule has 2 amide bonds. The molecular formula is C15H14N4O8S2. The fourth-order valence-electron chi connectivity index (χ4n) is 2.64. The second-order valence-electron chi connectivity index (χ2n) is 5.62. The van der Waals surface area contributed by atoms with Gasteiger partial charge in [0, 0.05) is 5.38 Å². The van der Waals surface area contributed by atoms with Crippen LogP contribution in [0.2, 0.25) is 0 Å². The average Bonchev–Trinajstić information content (AvgIpc) is 3.21. The Balaban J connectivity index is 1.77.